The molecule has 4 atom stereocenters. The van der Waals surface area contributed by atoms with Gasteiger partial charge in [-0.1, -0.05) is 24.3 Å². The standard InChI is InChI=1S/C9H7N.C6H12O6/c1-2-6-9-8(4-1)5-3-7-10-9;7-1-3(9)5(11)6(12)4(10)2-8/h1-7H;1,3-6,8-12H,2H2. The maximum atomic E-state index is 9.90. The second-order valence-electron chi connectivity index (χ2n) is 4.55. The average molecular weight is 309 g/mol. The molecule has 0 amide bonds. The minimum Gasteiger partial charge on any atom is -0.394 e. The molecule has 0 saturated heterocycles. The van der Waals surface area contributed by atoms with Gasteiger partial charge in [-0.05, 0) is 12.1 Å². The van der Waals surface area contributed by atoms with E-state index in [2.05, 4.69) is 17.1 Å². The first kappa shape index (κ1) is 18.1. The molecular weight excluding hydrogens is 290 g/mol. The number of nitrogens with zero attached hydrogens (tertiary/aromatic N) is 1. The van der Waals surface area contributed by atoms with Gasteiger partial charge in [0.1, 0.15) is 24.4 Å². The number of aliphatic hydroxyl groups excluding tert-OH is 5. The second kappa shape index (κ2) is 9.19. The lowest BCUT2D eigenvalue weighted by molar-refractivity contribution is -0.136. The van der Waals surface area contributed by atoms with Gasteiger partial charge in [-0.2, -0.15) is 0 Å². The van der Waals surface area contributed by atoms with Gasteiger partial charge in [0.2, 0.25) is 0 Å². The van der Waals surface area contributed by atoms with Crippen LogP contribution in [0.25, 0.3) is 10.9 Å². The lowest BCUT2D eigenvalue weighted by Gasteiger charge is -2.22. The molecule has 0 saturated carbocycles. The second-order valence-corrected chi connectivity index (χ2v) is 4.55. The Hall–Kier alpha value is -1.90. The number of aldehydes is 1. The third-order valence-corrected chi connectivity index (χ3v) is 2.93. The number of pyridine rings is 1. The van der Waals surface area contributed by atoms with Gasteiger partial charge in [0.25, 0.3) is 0 Å². The van der Waals surface area contributed by atoms with Crippen LogP contribution < -0.4 is 0 Å². The van der Waals surface area contributed by atoms with Crippen LogP contribution in [0.1, 0.15) is 0 Å². The van der Waals surface area contributed by atoms with Gasteiger partial charge in [-0.3, -0.25) is 4.98 Å². The van der Waals surface area contributed by atoms with E-state index in [-0.39, 0.29) is 6.29 Å². The van der Waals surface area contributed by atoms with Crippen LogP contribution in [0.3, 0.4) is 0 Å². The number of fused-ring (bicyclic) bond motifs is 1. The van der Waals surface area contributed by atoms with Crippen molar-refractivity contribution in [2.75, 3.05) is 6.61 Å². The van der Waals surface area contributed by atoms with E-state index in [1.54, 1.807) is 0 Å². The van der Waals surface area contributed by atoms with Crippen LogP contribution >= 0.6 is 0 Å². The number of carbonyl (C=O) groups excluding carboxylic acids is 1. The Labute approximate surface area is 127 Å². The fourth-order valence-electron chi connectivity index (χ4n) is 1.63. The number of para-hydroxylation sites is 1. The van der Waals surface area contributed by atoms with Crippen LogP contribution in [0.2, 0.25) is 0 Å². The summed E-state index contributed by atoms with van der Waals surface area (Å²) in [5.41, 5.74) is 1.06. The van der Waals surface area contributed by atoms with E-state index in [0.29, 0.717) is 0 Å². The Kier molecular flexibility index (Phi) is 7.58. The number of benzene rings is 1. The molecule has 0 aliphatic heterocycles. The number of carbonyl (C=O) groups is 1. The highest BCUT2D eigenvalue weighted by Gasteiger charge is 2.29. The summed E-state index contributed by atoms with van der Waals surface area (Å²) in [6.07, 6.45) is -5.03. The van der Waals surface area contributed by atoms with E-state index >= 15 is 0 Å². The molecule has 7 nitrogen and oxygen atoms in total. The molecule has 7 heteroatoms. The van der Waals surface area contributed by atoms with E-state index < -0.39 is 31.0 Å². The maximum absolute atomic E-state index is 9.90. The zero-order valence-electron chi connectivity index (χ0n) is 11.7. The van der Waals surface area contributed by atoms with Crippen molar-refractivity contribution in [2.24, 2.45) is 0 Å². The highest BCUT2D eigenvalue weighted by Crippen LogP contribution is 2.08. The Bertz CT molecular complexity index is 513. The van der Waals surface area contributed by atoms with Crippen LogP contribution in [-0.2, 0) is 4.79 Å². The maximum Gasteiger partial charge on any atom is 0.151 e. The summed E-state index contributed by atoms with van der Waals surface area (Å²) < 4.78 is 0. The fraction of sp³-hybridized carbons (Fsp3) is 0.333. The molecule has 22 heavy (non-hydrogen) atoms. The topological polar surface area (TPSA) is 131 Å². The summed E-state index contributed by atoms with van der Waals surface area (Å²) in [5, 5.41) is 44.7. The molecule has 0 bridgehead atoms. The predicted octanol–water partition coefficient (Wildman–Crippen LogP) is -1.14. The Balaban J connectivity index is 0.000000222. The van der Waals surface area contributed by atoms with E-state index in [0.717, 1.165) is 5.52 Å². The molecule has 1 aromatic heterocycles. The summed E-state index contributed by atoms with van der Waals surface area (Å²) in [5.74, 6) is 0. The first-order chi connectivity index (χ1) is 10.5. The van der Waals surface area contributed by atoms with Gasteiger partial charge < -0.3 is 30.3 Å². The lowest BCUT2D eigenvalue weighted by Crippen LogP contribution is -2.46. The summed E-state index contributed by atoms with van der Waals surface area (Å²) in [4.78, 5) is 14.1. The Morgan fingerprint density at radius 2 is 1.64 bits per heavy atom. The van der Waals surface area contributed by atoms with E-state index in [4.69, 9.17) is 25.5 Å². The SMILES string of the molecule is O=CC(O)C(O)C(O)C(O)CO.c1ccc2ncccc2c1. The van der Waals surface area contributed by atoms with Crippen LogP contribution in [-0.4, -0.2) is 67.8 Å². The molecule has 0 aliphatic carbocycles. The molecule has 0 radical (unpaired) electrons. The minimum absolute atomic E-state index is 0.0258. The van der Waals surface area contributed by atoms with Crippen LogP contribution in [0.15, 0.2) is 42.6 Å². The van der Waals surface area contributed by atoms with Crippen molar-refractivity contribution in [1.29, 1.82) is 0 Å². The largest absolute Gasteiger partial charge is 0.394 e. The summed E-state index contributed by atoms with van der Waals surface area (Å²) in [6, 6.07) is 12.1. The number of aromatic nitrogens is 1. The molecule has 2 rings (SSSR count). The van der Waals surface area contributed by atoms with Crippen molar-refractivity contribution in [3.63, 3.8) is 0 Å². The van der Waals surface area contributed by atoms with Crippen molar-refractivity contribution in [3.05, 3.63) is 42.6 Å². The third-order valence-electron chi connectivity index (χ3n) is 2.93. The zero-order valence-corrected chi connectivity index (χ0v) is 11.7. The van der Waals surface area contributed by atoms with E-state index in [9.17, 15) is 4.79 Å². The first-order valence-electron chi connectivity index (χ1n) is 6.59. The smallest absolute Gasteiger partial charge is 0.151 e. The Morgan fingerprint density at radius 1 is 1.00 bits per heavy atom. The molecule has 0 aliphatic rings. The van der Waals surface area contributed by atoms with E-state index in [1.807, 2.05) is 30.5 Å². The normalized spacial score (nSPS) is 16.0. The molecule has 1 heterocycles. The third kappa shape index (κ3) is 5.14. The zero-order chi connectivity index (χ0) is 16.5. The van der Waals surface area contributed by atoms with Gasteiger partial charge >= 0.3 is 0 Å². The first-order valence-corrected chi connectivity index (χ1v) is 6.59. The van der Waals surface area contributed by atoms with Crippen molar-refractivity contribution in [2.45, 2.75) is 24.4 Å². The van der Waals surface area contributed by atoms with Crippen LogP contribution in [0.4, 0.5) is 0 Å². The number of hydrogen-bond acceptors (Lipinski definition) is 7. The van der Waals surface area contributed by atoms with Gasteiger partial charge in [-0.25, -0.2) is 0 Å². The van der Waals surface area contributed by atoms with Gasteiger partial charge in [-0.15, -0.1) is 0 Å². The minimum atomic E-state index is -1.79. The molecule has 4 unspecified atom stereocenters. The van der Waals surface area contributed by atoms with Crippen molar-refractivity contribution in [3.8, 4) is 0 Å². The van der Waals surface area contributed by atoms with Gasteiger partial charge in [0.05, 0.1) is 12.1 Å². The molecule has 0 fully saturated rings. The quantitative estimate of drug-likeness (QED) is 0.441. The molecular formula is C15H19NO6. The molecule has 120 valence electrons. The van der Waals surface area contributed by atoms with Gasteiger partial charge in [0, 0.05) is 11.6 Å². The molecule has 0 spiro atoms. The van der Waals surface area contributed by atoms with Crippen molar-refractivity contribution in [1.82, 2.24) is 4.98 Å². The molecule has 1 aromatic carbocycles. The summed E-state index contributed by atoms with van der Waals surface area (Å²) in [6.45, 7) is -0.760. The van der Waals surface area contributed by atoms with E-state index in [1.165, 1.54) is 5.39 Å². The summed E-state index contributed by atoms with van der Waals surface area (Å²) >= 11 is 0. The highest BCUT2D eigenvalue weighted by atomic mass is 16.4. The predicted molar refractivity (Wildman–Crippen MR) is 78.9 cm³/mol. The van der Waals surface area contributed by atoms with Crippen LogP contribution in [0, 0.1) is 0 Å². The number of hydrogen-bond donors (Lipinski definition) is 5. The monoisotopic (exact) mass is 309 g/mol. The van der Waals surface area contributed by atoms with Crippen molar-refractivity contribution >= 4 is 17.2 Å². The van der Waals surface area contributed by atoms with Crippen LogP contribution in [0.5, 0.6) is 0 Å². The summed E-state index contributed by atoms with van der Waals surface area (Å²) in [7, 11) is 0. The molecule has 2 aromatic rings. The molecule has 5 N–H and O–H groups in total. The van der Waals surface area contributed by atoms with Gasteiger partial charge in [0.15, 0.2) is 6.29 Å². The average Bonchev–Trinajstić information content (AvgIpc) is 2.59. The Morgan fingerprint density at radius 3 is 2.23 bits per heavy atom. The fourth-order valence-corrected chi connectivity index (χ4v) is 1.63. The number of aliphatic hydroxyl groups is 5. The lowest BCUT2D eigenvalue weighted by atomic mass is 10.0. The van der Waals surface area contributed by atoms with Crippen molar-refractivity contribution < 1.29 is 30.3 Å². The highest BCUT2D eigenvalue weighted by molar-refractivity contribution is 5.77. The number of rotatable bonds is 5.